The number of aliphatic hydroxyl groups excluding tert-OH is 1. The van der Waals surface area contributed by atoms with Crippen molar-refractivity contribution in [3.8, 4) is 23.0 Å². The maximum atomic E-state index is 11.3. The molecule has 1 aromatic heterocycles. The van der Waals surface area contributed by atoms with Gasteiger partial charge in [-0.1, -0.05) is 7.43 Å². The molecule has 12 nitrogen and oxygen atoms in total. The van der Waals surface area contributed by atoms with Crippen molar-refractivity contribution >= 4 is 22.6 Å². The summed E-state index contributed by atoms with van der Waals surface area (Å²) in [6.45, 7) is 0.566. The van der Waals surface area contributed by atoms with Crippen molar-refractivity contribution < 1.29 is 39.4 Å². The highest BCUT2D eigenvalue weighted by molar-refractivity contribution is 5.94. The Bertz CT molecular complexity index is 1100. The van der Waals surface area contributed by atoms with Gasteiger partial charge in [-0.05, 0) is 6.07 Å². The monoisotopic (exact) mass is 467 g/mol. The zero-order valence-corrected chi connectivity index (χ0v) is 17.7. The number of carboxylic acid groups (broad SMARTS) is 1. The zero-order valence-electron chi connectivity index (χ0n) is 17.7. The number of aromatic carboxylic acids is 1. The third kappa shape index (κ3) is 8.20. The van der Waals surface area contributed by atoms with Crippen LogP contribution in [0, 0.1) is 0 Å². The Kier molecular flexibility index (Phi) is 12.4. The normalized spacial score (nSPS) is 9.45. The number of rotatable bonds is 5. The summed E-state index contributed by atoms with van der Waals surface area (Å²) in [6, 6.07) is 5.16. The van der Waals surface area contributed by atoms with Crippen molar-refractivity contribution in [2.45, 2.75) is 7.43 Å². The number of phenols is 2. The van der Waals surface area contributed by atoms with E-state index >= 15 is 0 Å². The van der Waals surface area contributed by atoms with E-state index in [-0.39, 0.29) is 48.1 Å². The lowest BCUT2D eigenvalue weighted by Crippen LogP contribution is -2.06. The first-order valence-corrected chi connectivity index (χ1v) is 8.94. The number of H-pyrrole nitrogens is 1. The summed E-state index contributed by atoms with van der Waals surface area (Å²) in [7, 11) is 4.35. The van der Waals surface area contributed by atoms with Gasteiger partial charge in [0.25, 0.3) is 5.56 Å². The molecule has 0 aliphatic heterocycles. The second-order valence-electron chi connectivity index (χ2n) is 5.91. The molecule has 33 heavy (non-hydrogen) atoms. The van der Waals surface area contributed by atoms with Gasteiger partial charge in [0.2, 0.25) is 0 Å². The number of hydrogen-bond donors (Lipinski definition) is 6. The molecule has 7 N–H and O–H groups in total. The number of phenolic OH excluding ortho intramolecular Hbond substituents is 2. The van der Waals surface area contributed by atoms with Crippen LogP contribution in [0.3, 0.4) is 0 Å². The number of carbonyl (C=O) groups is 1. The molecule has 0 spiro atoms. The van der Waals surface area contributed by atoms with Crippen LogP contribution in [0.5, 0.6) is 23.0 Å². The fourth-order valence-electron chi connectivity index (χ4n) is 2.27. The Morgan fingerprint density at radius 1 is 1.06 bits per heavy atom. The third-order valence-corrected chi connectivity index (χ3v) is 3.82. The average molecular weight is 467 g/mol. The van der Waals surface area contributed by atoms with Crippen LogP contribution in [0.2, 0.25) is 0 Å². The summed E-state index contributed by atoms with van der Waals surface area (Å²) in [6.07, 6.45) is 1.31. The van der Waals surface area contributed by atoms with E-state index in [2.05, 4.69) is 14.7 Å². The molecule has 0 aliphatic carbocycles. The van der Waals surface area contributed by atoms with E-state index in [0.29, 0.717) is 23.3 Å². The van der Waals surface area contributed by atoms with Crippen LogP contribution in [-0.2, 0) is 4.74 Å². The number of hydrogen-bond acceptors (Lipinski definition) is 10. The molecule has 0 atom stereocenters. The second kappa shape index (κ2) is 14.1. The summed E-state index contributed by atoms with van der Waals surface area (Å²) in [5, 5.41) is 35.5. The number of aliphatic hydroxyl groups is 1. The molecule has 0 bridgehead atoms. The largest absolute Gasteiger partial charge is 0.504 e. The minimum absolute atomic E-state index is 0. The number of fused-ring (bicyclic) bond motifs is 1. The van der Waals surface area contributed by atoms with Gasteiger partial charge in [0.15, 0.2) is 23.0 Å². The van der Waals surface area contributed by atoms with Crippen molar-refractivity contribution in [2.24, 2.45) is 0 Å². The number of anilines is 1. The third-order valence-electron chi connectivity index (χ3n) is 3.82. The van der Waals surface area contributed by atoms with Gasteiger partial charge in [0, 0.05) is 25.3 Å². The summed E-state index contributed by atoms with van der Waals surface area (Å²) in [4.78, 5) is 28.2. The lowest BCUT2D eigenvalue weighted by atomic mass is 10.1. The number of carboxylic acids is 1. The highest BCUT2D eigenvalue weighted by Crippen LogP contribution is 2.30. The number of methoxy groups -OCH3 is 3. The number of nitrogens with one attached hydrogen (secondary N) is 1. The van der Waals surface area contributed by atoms with Crippen LogP contribution in [0.25, 0.3) is 10.9 Å². The molecule has 12 heteroatoms. The van der Waals surface area contributed by atoms with Crippen molar-refractivity contribution in [3.05, 3.63) is 46.5 Å². The fourth-order valence-corrected chi connectivity index (χ4v) is 2.27. The van der Waals surface area contributed by atoms with Gasteiger partial charge in [0.1, 0.15) is 0 Å². The fraction of sp³-hybridized carbons (Fsp3) is 0.286. The Balaban J connectivity index is 0.000000506. The number of nitrogen functional groups attached to an aromatic ring is 1. The van der Waals surface area contributed by atoms with E-state index in [1.54, 1.807) is 7.11 Å². The van der Waals surface area contributed by atoms with E-state index in [9.17, 15) is 19.8 Å². The Morgan fingerprint density at radius 2 is 1.64 bits per heavy atom. The molecule has 182 valence electrons. The first kappa shape index (κ1) is 29.0. The van der Waals surface area contributed by atoms with Crippen molar-refractivity contribution in [1.82, 2.24) is 9.97 Å². The molecule has 3 aromatic rings. The Hall–Kier alpha value is -4.03. The molecule has 0 saturated heterocycles. The Labute approximate surface area is 189 Å². The van der Waals surface area contributed by atoms with Gasteiger partial charge in [-0.3, -0.25) is 4.79 Å². The minimum atomic E-state index is -1.18. The first-order valence-electron chi connectivity index (χ1n) is 8.94. The topological polar surface area (TPSA) is 197 Å². The van der Waals surface area contributed by atoms with Gasteiger partial charge < -0.3 is 45.4 Å². The summed E-state index contributed by atoms with van der Waals surface area (Å²) in [5.41, 5.74) is 5.52. The number of nitrogens with zero attached hydrogens (tertiary/aromatic N) is 1. The standard InChI is InChI=1S/C9H8N2O3.C8H9NO4.C3H8O2.CH4/c1-14-8-3-6-5(2-7(8)12)9(13)11-4-10-6;1-13-7-3-5(9)4(8(11)12)2-6(7)10;1-5-3-2-4;/h2-4,12H,1H3,(H,10,11,13);2-3,10H,9H2,1H3,(H,11,12);4H,2-3H2,1H3;1H4. The van der Waals surface area contributed by atoms with Gasteiger partial charge in [0.05, 0.1) is 55.9 Å². The van der Waals surface area contributed by atoms with E-state index in [1.807, 2.05) is 0 Å². The lowest BCUT2D eigenvalue weighted by Gasteiger charge is -2.06. The smallest absolute Gasteiger partial charge is 0.337 e. The van der Waals surface area contributed by atoms with Crippen LogP contribution in [0.1, 0.15) is 17.8 Å². The number of nitrogens with two attached hydrogens (primary N) is 1. The van der Waals surface area contributed by atoms with Gasteiger partial charge in [-0.15, -0.1) is 0 Å². The van der Waals surface area contributed by atoms with Crippen LogP contribution in [0.4, 0.5) is 5.69 Å². The second-order valence-corrected chi connectivity index (χ2v) is 5.91. The number of benzene rings is 2. The lowest BCUT2D eigenvalue weighted by molar-refractivity contribution is 0.0697. The van der Waals surface area contributed by atoms with Gasteiger partial charge in [-0.25, -0.2) is 9.78 Å². The van der Waals surface area contributed by atoms with Crippen LogP contribution < -0.4 is 20.8 Å². The number of ether oxygens (including phenoxy) is 3. The minimum Gasteiger partial charge on any atom is -0.504 e. The quantitative estimate of drug-likeness (QED) is 0.235. The molecular formula is C21H29N3O9. The van der Waals surface area contributed by atoms with Crippen molar-refractivity contribution in [2.75, 3.05) is 40.3 Å². The van der Waals surface area contributed by atoms with Crippen molar-refractivity contribution in [3.63, 3.8) is 0 Å². The van der Waals surface area contributed by atoms with Gasteiger partial charge in [-0.2, -0.15) is 0 Å². The molecular weight excluding hydrogens is 438 g/mol. The SMILES string of the molecule is C.COCCO.COc1cc(N)c(C(=O)O)cc1O.COc1cc2nc[nH]c(=O)c2cc1O. The molecule has 1 heterocycles. The number of aromatic hydroxyl groups is 2. The van der Waals surface area contributed by atoms with E-state index in [1.165, 1.54) is 38.7 Å². The average Bonchev–Trinajstić information content (AvgIpc) is 2.76. The highest BCUT2D eigenvalue weighted by atomic mass is 16.5. The van der Waals surface area contributed by atoms with Gasteiger partial charge >= 0.3 is 5.97 Å². The number of aromatic amines is 1. The predicted octanol–water partition coefficient (Wildman–Crippen LogP) is 1.58. The first-order chi connectivity index (χ1) is 15.2. The summed E-state index contributed by atoms with van der Waals surface area (Å²) in [5.74, 6) is -1.04. The Morgan fingerprint density at radius 3 is 2.12 bits per heavy atom. The van der Waals surface area contributed by atoms with E-state index in [4.69, 9.17) is 25.4 Å². The zero-order chi connectivity index (χ0) is 24.3. The van der Waals surface area contributed by atoms with E-state index in [0.717, 1.165) is 6.07 Å². The summed E-state index contributed by atoms with van der Waals surface area (Å²) >= 11 is 0. The molecule has 2 aromatic carbocycles. The van der Waals surface area contributed by atoms with E-state index < -0.39 is 5.97 Å². The molecule has 0 fully saturated rings. The number of aromatic nitrogens is 2. The maximum absolute atomic E-state index is 11.3. The van der Waals surface area contributed by atoms with Crippen LogP contribution in [-0.4, -0.2) is 70.9 Å². The summed E-state index contributed by atoms with van der Waals surface area (Å²) < 4.78 is 14.1. The maximum Gasteiger partial charge on any atom is 0.337 e. The molecule has 0 saturated carbocycles. The van der Waals surface area contributed by atoms with Crippen molar-refractivity contribution in [1.29, 1.82) is 0 Å². The predicted molar refractivity (Wildman–Crippen MR) is 122 cm³/mol. The molecule has 0 amide bonds. The highest BCUT2D eigenvalue weighted by Gasteiger charge is 2.12. The molecule has 0 radical (unpaired) electrons. The molecule has 3 rings (SSSR count). The molecule has 0 unspecified atom stereocenters. The molecule has 0 aliphatic rings. The van der Waals surface area contributed by atoms with Crippen LogP contribution in [0.15, 0.2) is 35.4 Å². The van der Waals surface area contributed by atoms with Crippen LogP contribution >= 0.6 is 0 Å².